The summed E-state index contributed by atoms with van der Waals surface area (Å²) in [5.74, 6) is -0.559. The Morgan fingerprint density at radius 1 is 0.931 bits per heavy atom. The molecule has 0 radical (unpaired) electrons. The van der Waals surface area contributed by atoms with Crippen molar-refractivity contribution in [1.29, 1.82) is 0 Å². The van der Waals surface area contributed by atoms with Crippen molar-refractivity contribution in [3.8, 4) is 5.75 Å². The Labute approximate surface area is 167 Å². The Kier molecular flexibility index (Phi) is 6.29. The Bertz CT molecular complexity index is 1030. The molecule has 0 saturated heterocycles. The van der Waals surface area contributed by atoms with Crippen molar-refractivity contribution in [2.75, 3.05) is 5.32 Å². The summed E-state index contributed by atoms with van der Waals surface area (Å²) in [7, 11) is 0. The molecule has 3 aromatic carbocycles. The van der Waals surface area contributed by atoms with Crippen molar-refractivity contribution in [1.82, 2.24) is 0 Å². The van der Waals surface area contributed by atoms with Gasteiger partial charge >= 0.3 is 6.61 Å². The first-order chi connectivity index (χ1) is 13.9. The molecule has 7 heteroatoms. The van der Waals surface area contributed by atoms with Gasteiger partial charge in [0.15, 0.2) is 0 Å². The molecule has 0 aliphatic rings. The molecule has 0 unspecified atom stereocenters. The number of aryl methyl sites for hydroxylation is 2. The highest BCUT2D eigenvalue weighted by Crippen LogP contribution is 2.29. The van der Waals surface area contributed by atoms with Crippen LogP contribution in [0.2, 0.25) is 0 Å². The molecule has 0 heterocycles. The average Bonchev–Trinajstić information content (AvgIpc) is 2.69. The topological polar surface area (TPSA) is 63.0 Å². The summed E-state index contributed by atoms with van der Waals surface area (Å²) in [4.78, 5) is 12.6. The number of anilines is 1. The lowest BCUT2D eigenvalue weighted by Gasteiger charge is -2.10. The first-order valence-corrected chi connectivity index (χ1v) is 8.86. The number of halogens is 2. The van der Waals surface area contributed by atoms with Crippen molar-refractivity contribution >= 4 is 23.0 Å². The summed E-state index contributed by atoms with van der Waals surface area (Å²) < 4.78 is 29.1. The van der Waals surface area contributed by atoms with E-state index in [-0.39, 0.29) is 11.3 Å². The highest BCUT2D eigenvalue weighted by molar-refractivity contribution is 6.05. The van der Waals surface area contributed by atoms with Gasteiger partial charge in [-0.2, -0.15) is 13.9 Å². The third-order valence-corrected chi connectivity index (χ3v) is 4.03. The fraction of sp³-hybridized carbons (Fsp3) is 0.136. The van der Waals surface area contributed by atoms with E-state index in [1.54, 1.807) is 12.1 Å². The Morgan fingerprint density at radius 3 is 2.38 bits per heavy atom. The third kappa shape index (κ3) is 5.68. The van der Waals surface area contributed by atoms with Gasteiger partial charge in [-0.25, -0.2) is 0 Å². The number of benzene rings is 3. The second-order valence-corrected chi connectivity index (χ2v) is 6.42. The molecular formula is C22H19F2N3O2. The second-order valence-electron chi connectivity index (χ2n) is 6.42. The quantitative estimate of drug-likeness (QED) is 0.480. The van der Waals surface area contributed by atoms with Crippen LogP contribution in [0.1, 0.15) is 21.5 Å². The fourth-order valence-corrected chi connectivity index (χ4v) is 2.56. The maximum atomic E-state index is 12.6. The normalized spacial score (nSPS) is 11.1. The number of hydrogen-bond donors (Lipinski definition) is 1. The summed E-state index contributed by atoms with van der Waals surface area (Å²) in [5.41, 5.74) is 3.88. The number of nitrogens with zero attached hydrogens (tertiary/aromatic N) is 2. The summed E-state index contributed by atoms with van der Waals surface area (Å²) in [6.45, 7) is 0.928. The largest absolute Gasteiger partial charge is 0.435 e. The number of azo groups is 1. The first-order valence-electron chi connectivity index (χ1n) is 8.86. The molecule has 3 aromatic rings. The molecule has 0 saturated carbocycles. The summed E-state index contributed by atoms with van der Waals surface area (Å²) in [6, 6.07) is 18.5. The lowest BCUT2D eigenvalue weighted by molar-refractivity contribution is -0.0498. The van der Waals surface area contributed by atoms with Gasteiger partial charge in [0.2, 0.25) is 0 Å². The van der Waals surface area contributed by atoms with E-state index >= 15 is 0 Å². The van der Waals surface area contributed by atoms with Gasteiger partial charge < -0.3 is 10.1 Å². The van der Waals surface area contributed by atoms with Crippen LogP contribution in [0.5, 0.6) is 5.75 Å². The SMILES string of the molecule is Cc1ccc(N=Nc2cc(C)ccc2NC(=O)c2cccc(OC(F)F)c2)cc1. The third-order valence-electron chi connectivity index (χ3n) is 4.03. The van der Waals surface area contributed by atoms with Crippen molar-refractivity contribution < 1.29 is 18.3 Å². The summed E-state index contributed by atoms with van der Waals surface area (Å²) in [6.07, 6.45) is 0. The van der Waals surface area contributed by atoms with E-state index in [9.17, 15) is 13.6 Å². The molecular weight excluding hydrogens is 376 g/mol. The summed E-state index contributed by atoms with van der Waals surface area (Å²) in [5, 5.41) is 11.2. The molecule has 1 amide bonds. The molecule has 0 aliphatic heterocycles. The lowest BCUT2D eigenvalue weighted by Crippen LogP contribution is -2.12. The standard InChI is InChI=1S/C22H19F2N3O2/c1-14-6-9-17(10-7-14)26-27-20-12-15(2)8-11-19(20)25-21(28)16-4-3-5-18(13-16)29-22(23)24/h3-13,22H,1-2H3,(H,25,28). The second kappa shape index (κ2) is 9.05. The van der Waals surface area contributed by atoms with Gasteiger partial charge in [-0.3, -0.25) is 4.79 Å². The minimum absolute atomic E-state index is 0.0872. The smallest absolute Gasteiger partial charge is 0.387 e. The zero-order valence-electron chi connectivity index (χ0n) is 15.9. The minimum atomic E-state index is -2.96. The molecule has 3 rings (SSSR count). The van der Waals surface area contributed by atoms with Crippen molar-refractivity contribution in [3.63, 3.8) is 0 Å². The average molecular weight is 395 g/mol. The van der Waals surface area contributed by atoms with Crippen LogP contribution in [0.15, 0.2) is 77.0 Å². The highest BCUT2D eigenvalue weighted by Gasteiger charge is 2.12. The number of carbonyl (C=O) groups is 1. The van der Waals surface area contributed by atoms with Crippen LogP contribution in [0, 0.1) is 13.8 Å². The number of amides is 1. The van der Waals surface area contributed by atoms with Crippen LogP contribution in [0.4, 0.5) is 25.8 Å². The van der Waals surface area contributed by atoms with Crippen LogP contribution in [-0.4, -0.2) is 12.5 Å². The zero-order valence-corrected chi connectivity index (χ0v) is 15.9. The van der Waals surface area contributed by atoms with Gasteiger partial charge in [0, 0.05) is 5.56 Å². The Hall–Kier alpha value is -3.61. The van der Waals surface area contributed by atoms with Crippen LogP contribution < -0.4 is 10.1 Å². The Morgan fingerprint density at radius 2 is 1.66 bits per heavy atom. The molecule has 29 heavy (non-hydrogen) atoms. The highest BCUT2D eigenvalue weighted by atomic mass is 19.3. The maximum absolute atomic E-state index is 12.6. The van der Waals surface area contributed by atoms with Crippen LogP contribution in [0.25, 0.3) is 0 Å². The van der Waals surface area contributed by atoms with Crippen LogP contribution >= 0.6 is 0 Å². The van der Waals surface area contributed by atoms with E-state index in [1.807, 2.05) is 44.2 Å². The molecule has 148 valence electrons. The number of ether oxygens (including phenoxy) is 1. The van der Waals surface area contributed by atoms with E-state index in [0.29, 0.717) is 17.1 Å². The predicted molar refractivity (Wildman–Crippen MR) is 108 cm³/mol. The molecule has 0 bridgehead atoms. The van der Waals surface area contributed by atoms with Crippen molar-refractivity contribution in [3.05, 3.63) is 83.4 Å². The minimum Gasteiger partial charge on any atom is -0.435 e. The number of alkyl halides is 2. The number of nitrogens with one attached hydrogen (secondary N) is 1. The lowest BCUT2D eigenvalue weighted by atomic mass is 10.1. The molecule has 0 aromatic heterocycles. The zero-order chi connectivity index (χ0) is 20.8. The number of rotatable bonds is 6. The van der Waals surface area contributed by atoms with Crippen LogP contribution in [0.3, 0.4) is 0 Å². The molecule has 1 N–H and O–H groups in total. The number of hydrogen-bond acceptors (Lipinski definition) is 4. The van der Waals surface area contributed by atoms with Gasteiger partial charge in [-0.1, -0.05) is 29.8 Å². The van der Waals surface area contributed by atoms with E-state index in [2.05, 4.69) is 20.3 Å². The van der Waals surface area contributed by atoms with Crippen molar-refractivity contribution in [2.45, 2.75) is 20.5 Å². The molecule has 5 nitrogen and oxygen atoms in total. The van der Waals surface area contributed by atoms with Crippen LogP contribution in [-0.2, 0) is 0 Å². The van der Waals surface area contributed by atoms with Crippen molar-refractivity contribution in [2.24, 2.45) is 10.2 Å². The molecule has 0 aliphatic carbocycles. The molecule has 0 atom stereocenters. The molecule has 0 fully saturated rings. The van der Waals surface area contributed by atoms with Gasteiger partial charge in [0.05, 0.1) is 11.4 Å². The van der Waals surface area contributed by atoms with Gasteiger partial charge in [-0.05, 0) is 61.9 Å². The van der Waals surface area contributed by atoms with E-state index in [0.717, 1.165) is 11.1 Å². The maximum Gasteiger partial charge on any atom is 0.387 e. The van der Waals surface area contributed by atoms with Gasteiger partial charge in [0.25, 0.3) is 5.91 Å². The van der Waals surface area contributed by atoms with E-state index in [4.69, 9.17) is 0 Å². The first kappa shape index (κ1) is 20.1. The predicted octanol–water partition coefficient (Wildman–Crippen LogP) is 6.57. The summed E-state index contributed by atoms with van der Waals surface area (Å²) >= 11 is 0. The van der Waals surface area contributed by atoms with E-state index < -0.39 is 12.5 Å². The monoisotopic (exact) mass is 395 g/mol. The Balaban J connectivity index is 1.82. The fourth-order valence-electron chi connectivity index (χ4n) is 2.56. The van der Waals surface area contributed by atoms with E-state index in [1.165, 1.54) is 24.3 Å². The number of carbonyl (C=O) groups excluding carboxylic acids is 1. The van der Waals surface area contributed by atoms with Gasteiger partial charge in [-0.15, -0.1) is 5.11 Å². The molecule has 0 spiro atoms. The van der Waals surface area contributed by atoms with Gasteiger partial charge in [0.1, 0.15) is 11.4 Å².